The number of carbonyl (C=O) groups excluding carboxylic acids is 1. The summed E-state index contributed by atoms with van der Waals surface area (Å²) >= 11 is 0. The summed E-state index contributed by atoms with van der Waals surface area (Å²) < 4.78 is 0. The molecular formula is C14H26N2O. The first kappa shape index (κ1) is 12.9. The van der Waals surface area contributed by atoms with Crippen molar-refractivity contribution >= 4 is 5.91 Å². The predicted octanol–water partition coefficient (Wildman–Crippen LogP) is 2.12. The van der Waals surface area contributed by atoms with Crippen molar-refractivity contribution in [2.75, 3.05) is 26.2 Å². The number of rotatable bonds is 4. The zero-order valence-electron chi connectivity index (χ0n) is 11.3. The van der Waals surface area contributed by atoms with Crippen LogP contribution in [-0.4, -0.2) is 47.9 Å². The summed E-state index contributed by atoms with van der Waals surface area (Å²) in [6.07, 6.45) is 5.85. The lowest BCUT2D eigenvalue weighted by atomic mass is 10.0. The van der Waals surface area contributed by atoms with Crippen LogP contribution >= 0.6 is 0 Å². The molecule has 0 aromatic carbocycles. The van der Waals surface area contributed by atoms with Crippen molar-refractivity contribution in [3.05, 3.63) is 0 Å². The van der Waals surface area contributed by atoms with Gasteiger partial charge in [-0.15, -0.1) is 0 Å². The summed E-state index contributed by atoms with van der Waals surface area (Å²) in [5, 5.41) is 0. The van der Waals surface area contributed by atoms with Crippen LogP contribution in [0.4, 0.5) is 0 Å². The summed E-state index contributed by atoms with van der Waals surface area (Å²) in [4.78, 5) is 17.0. The van der Waals surface area contributed by atoms with E-state index in [2.05, 4.69) is 23.6 Å². The summed E-state index contributed by atoms with van der Waals surface area (Å²) in [6, 6.07) is 0.649. The van der Waals surface area contributed by atoms with Gasteiger partial charge >= 0.3 is 0 Å². The quantitative estimate of drug-likeness (QED) is 0.749. The zero-order valence-corrected chi connectivity index (χ0v) is 11.3. The normalized spacial score (nSPS) is 26.1. The van der Waals surface area contributed by atoms with E-state index in [9.17, 15) is 4.79 Å². The summed E-state index contributed by atoms with van der Waals surface area (Å²) in [7, 11) is 0. The minimum Gasteiger partial charge on any atom is -0.341 e. The molecule has 1 amide bonds. The SMILES string of the molecule is CCC(CC)C(=O)N1CCC(N2CCCC2)C1. The Labute approximate surface area is 105 Å². The largest absolute Gasteiger partial charge is 0.341 e. The number of hydrogen-bond acceptors (Lipinski definition) is 2. The number of nitrogens with zero attached hydrogens (tertiary/aromatic N) is 2. The second kappa shape index (κ2) is 5.85. The summed E-state index contributed by atoms with van der Waals surface area (Å²) in [5.41, 5.74) is 0. The van der Waals surface area contributed by atoms with Crippen molar-refractivity contribution in [1.82, 2.24) is 9.80 Å². The highest BCUT2D eigenvalue weighted by Crippen LogP contribution is 2.23. The van der Waals surface area contributed by atoms with Crippen molar-refractivity contribution in [3.63, 3.8) is 0 Å². The third-order valence-corrected chi connectivity index (χ3v) is 4.47. The minimum absolute atomic E-state index is 0.257. The standard InChI is InChI=1S/C14H26N2O/c1-3-12(4-2)14(17)16-10-7-13(11-16)15-8-5-6-9-15/h12-13H,3-11H2,1-2H3. The molecule has 0 bridgehead atoms. The monoisotopic (exact) mass is 238 g/mol. The van der Waals surface area contributed by atoms with Crippen molar-refractivity contribution < 1.29 is 4.79 Å². The summed E-state index contributed by atoms with van der Waals surface area (Å²) in [5.74, 6) is 0.657. The van der Waals surface area contributed by atoms with E-state index < -0.39 is 0 Å². The molecule has 0 aromatic rings. The van der Waals surface area contributed by atoms with E-state index in [-0.39, 0.29) is 5.92 Å². The molecule has 0 saturated carbocycles. The van der Waals surface area contributed by atoms with Gasteiger partial charge in [0.05, 0.1) is 0 Å². The molecule has 1 unspecified atom stereocenters. The molecule has 2 saturated heterocycles. The van der Waals surface area contributed by atoms with Crippen LogP contribution in [-0.2, 0) is 4.79 Å². The fourth-order valence-electron chi connectivity index (χ4n) is 3.24. The first-order valence-corrected chi connectivity index (χ1v) is 7.29. The third-order valence-electron chi connectivity index (χ3n) is 4.47. The lowest BCUT2D eigenvalue weighted by Crippen LogP contribution is -2.39. The molecule has 2 rings (SSSR count). The van der Waals surface area contributed by atoms with Crippen molar-refractivity contribution in [2.45, 2.75) is 52.0 Å². The molecular weight excluding hydrogens is 212 g/mol. The third kappa shape index (κ3) is 2.82. The second-order valence-corrected chi connectivity index (χ2v) is 5.48. The molecule has 98 valence electrons. The highest BCUT2D eigenvalue weighted by molar-refractivity contribution is 5.79. The maximum absolute atomic E-state index is 12.3. The molecule has 0 radical (unpaired) electrons. The van der Waals surface area contributed by atoms with E-state index in [0.717, 1.165) is 25.9 Å². The highest BCUT2D eigenvalue weighted by atomic mass is 16.2. The number of likely N-dealkylation sites (tertiary alicyclic amines) is 2. The van der Waals surface area contributed by atoms with Crippen LogP contribution in [0.1, 0.15) is 46.0 Å². The first-order chi connectivity index (χ1) is 8.26. The second-order valence-electron chi connectivity index (χ2n) is 5.48. The Balaban J connectivity index is 1.86. The molecule has 1 atom stereocenters. The number of amides is 1. The van der Waals surface area contributed by atoms with Crippen molar-refractivity contribution in [3.8, 4) is 0 Å². The van der Waals surface area contributed by atoms with Crippen molar-refractivity contribution in [1.29, 1.82) is 0 Å². The average Bonchev–Trinajstić information content (AvgIpc) is 3.01. The van der Waals surface area contributed by atoms with Gasteiger partial charge in [0, 0.05) is 25.0 Å². The van der Waals surface area contributed by atoms with Gasteiger partial charge in [-0.05, 0) is 45.2 Å². The first-order valence-electron chi connectivity index (χ1n) is 7.29. The van der Waals surface area contributed by atoms with Gasteiger partial charge in [0.1, 0.15) is 0 Å². The molecule has 2 fully saturated rings. The highest BCUT2D eigenvalue weighted by Gasteiger charge is 2.33. The number of carbonyl (C=O) groups is 1. The lowest BCUT2D eigenvalue weighted by Gasteiger charge is -2.25. The lowest BCUT2D eigenvalue weighted by molar-refractivity contribution is -0.134. The Bertz CT molecular complexity index is 257. The fraction of sp³-hybridized carbons (Fsp3) is 0.929. The van der Waals surface area contributed by atoms with E-state index in [1.165, 1.54) is 32.4 Å². The molecule has 2 aliphatic heterocycles. The van der Waals surface area contributed by atoms with Gasteiger partial charge in [-0.3, -0.25) is 9.69 Å². The van der Waals surface area contributed by atoms with E-state index in [0.29, 0.717) is 11.9 Å². The van der Waals surface area contributed by atoms with Crippen LogP contribution in [0.5, 0.6) is 0 Å². The maximum Gasteiger partial charge on any atom is 0.225 e. The molecule has 2 aliphatic rings. The Hall–Kier alpha value is -0.570. The Morgan fingerprint density at radius 2 is 1.82 bits per heavy atom. The summed E-state index contributed by atoms with van der Waals surface area (Å²) in [6.45, 7) is 8.71. The topological polar surface area (TPSA) is 23.6 Å². The van der Waals surface area contributed by atoms with Gasteiger partial charge in [-0.25, -0.2) is 0 Å². The van der Waals surface area contributed by atoms with E-state index in [1.54, 1.807) is 0 Å². The molecule has 17 heavy (non-hydrogen) atoms. The van der Waals surface area contributed by atoms with E-state index in [4.69, 9.17) is 0 Å². The van der Waals surface area contributed by atoms with Crippen LogP contribution in [0.2, 0.25) is 0 Å². The number of hydrogen-bond donors (Lipinski definition) is 0. The van der Waals surface area contributed by atoms with Gasteiger partial charge in [0.15, 0.2) is 0 Å². The molecule has 0 aliphatic carbocycles. The Morgan fingerprint density at radius 1 is 1.18 bits per heavy atom. The Kier molecular flexibility index (Phi) is 4.43. The van der Waals surface area contributed by atoms with Gasteiger partial charge < -0.3 is 4.90 Å². The van der Waals surface area contributed by atoms with Crippen molar-refractivity contribution in [2.24, 2.45) is 5.92 Å². The van der Waals surface area contributed by atoms with Gasteiger partial charge in [0.25, 0.3) is 0 Å². The van der Waals surface area contributed by atoms with Crippen LogP contribution in [0.3, 0.4) is 0 Å². The average molecular weight is 238 g/mol. The minimum atomic E-state index is 0.257. The van der Waals surface area contributed by atoms with Gasteiger partial charge in [-0.2, -0.15) is 0 Å². The molecule has 3 heteroatoms. The zero-order chi connectivity index (χ0) is 12.3. The molecule has 0 aromatic heterocycles. The van der Waals surface area contributed by atoms with Crippen LogP contribution < -0.4 is 0 Å². The van der Waals surface area contributed by atoms with Gasteiger partial charge in [0.2, 0.25) is 5.91 Å². The molecule has 0 spiro atoms. The van der Waals surface area contributed by atoms with Crippen LogP contribution in [0.25, 0.3) is 0 Å². The molecule has 3 nitrogen and oxygen atoms in total. The van der Waals surface area contributed by atoms with Crippen LogP contribution in [0, 0.1) is 5.92 Å². The molecule has 2 heterocycles. The maximum atomic E-state index is 12.3. The van der Waals surface area contributed by atoms with Crippen LogP contribution in [0.15, 0.2) is 0 Å². The van der Waals surface area contributed by atoms with Gasteiger partial charge in [-0.1, -0.05) is 13.8 Å². The predicted molar refractivity (Wildman–Crippen MR) is 69.9 cm³/mol. The molecule has 0 N–H and O–H groups in total. The smallest absolute Gasteiger partial charge is 0.225 e. The fourth-order valence-corrected chi connectivity index (χ4v) is 3.24. The van der Waals surface area contributed by atoms with E-state index in [1.807, 2.05) is 0 Å². The Morgan fingerprint density at radius 3 is 2.41 bits per heavy atom. The van der Waals surface area contributed by atoms with E-state index >= 15 is 0 Å².